The van der Waals surface area contributed by atoms with E-state index in [1.807, 2.05) is 37.3 Å². The van der Waals surface area contributed by atoms with E-state index in [-0.39, 0.29) is 11.9 Å². The van der Waals surface area contributed by atoms with Gasteiger partial charge in [0.25, 0.3) is 5.91 Å². The molecule has 1 saturated heterocycles. The van der Waals surface area contributed by atoms with Gasteiger partial charge >= 0.3 is 0 Å². The lowest BCUT2D eigenvalue weighted by Crippen LogP contribution is -2.30. The minimum Gasteiger partial charge on any atom is -0.493 e. The third-order valence-electron chi connectivity index (χ3n) is 4.73. The monoisotopic (exact) mass is 426 g/mol. The summed E-state index contributed by atoms with van der Waals surface area (Å²) in [5.74, 6) is 2.33. The molecule has 1 fully saturated rings. The molecule has 158 valence electrons. The number of amidine groups is 1. The van der Waals surface area contributed by atoms with Crippen LogP contribution in [0.1, 0.15) is 24.1 Å². The highest BCUT2D eigenvalue weighted by molar-refractivity contribution is 8.14. The maximum atomic E-state index is 12.8. The lowest BCUT2D eigenvalue weighted by atomic mass is 10.1. The number of rotatable bonds is 7. The second-order valence-corrected chi connectivity index (χ2v) is 7.69. The number of carbonyl (C=O) groups is 1. The van der Waals surface area contributed by atoms with Crippen LogP contribution in [0.15, 0.2) is 53.5 Å². The molecule has 0 aromatic heterocycles. The first-order valence-electron chi connectivity index (χ1n) is 9.62. The van der Waals surface area contributed by atoms with E-state index < -0.39 is 0 Å². The zero-order valence-electron chi connectivity index (χ0n) is 17.6. The van der Waals surface area contributed by atoms with Crippen molar-refractivity contribution in [2.45, 2.75) is 13.0 Å². The normalized spacial score (nSPS) is 16.1. The number of hydrogen-bond donors (Lipinski definition) is 0. The summed E-state index contributed by atoms with van der Waals surface area (Å²) in [7, 11) is 4.68. The maximum Gasteiger partial charge on any atom is 0.252 e. The molecule has 2 aromatic rings. The van der Waals surface area contributed by atoms with Crippen molar-refractivity contribution >= 4 is 28.9 Å². The standard InChI is InChI=1S/C23H26N2O4S/c1-16(18-8-6-5-7-9-18)24-23-25(12-13-30-23)21(26)11-10-17-14-19(27-2)22(29-4)20(15-17)28-3/h5-11,14-16H,12-13H2,1-4H3/b11-10+,24-23?/t16-/m0/s1. The first-order valence-corrected chi connectivity index (χ1v) is 10.6. The van der Waals surface area contributed by atoms with E-state index >= 15 is 0 Å². The van der Waals surface area contributed by atoms with Gasteiger partial charge in [-0.05, 0) is 36.3 Å². The van der Waals surface area contributed by atoms with Crippen LogP contribution in [-0.4, -0.2) is 49.6 Å². The first-order chi connectivity index (χ1) is 14.6. The smallest absolute Gasteiger partial charge is 0.252 e. The Bertz CT molecular complexity index is 918. The molecule has 0 N–H and O–H groups in total. The average molecular weight is 427 g/mol. The van der Waals surface area contributed by atoms with Crippen molar-refractivity contribution in [2.75, 3.05) is 33.6 Å². The van der Waals surface area contributed by atoms with Crippen LogP contribution >= 0.6 is 11.8 Å². The number of aliphatic imine (C=N–C) groups is 1. The number of methoxy groups -OCH3 is 3. The summed E-state index contributed by atoms with van der Waals surface area (Å²) in [6.45, 7) is 2.68. The van der Waals surface area contributed by atoms with Gasteiger partial charge in [0.1, 0.15) is 0 Å². The molecule has 0 bridgehead atoms. The molecule has 6 nitrogen and oxygen atoms in total. The van der Waals surface area contributed by atoms with E-state index in [0.717, 1.165) is 22.0 Å². The summed E-state index contributed by atoms with van der Waals surface area (Å²) in [5, 5.41) is 0.755. The highest BCUT2D eigenvalue weighted by Crippen LogP contribution is 2.38. The fourth-order valence-corrected chi connectivity index (χ4v) is 4.17. The van der Waals surface area contributed by atoms with Crippen LogP contribution in [0.5, 0.6) is 17.2 Å². The van der Waals surface area contributed by atoms with Crippen LogP contribution < -0.4 is 14.2 Å². The molecular weight excluding hydrogens is 400 g/mol. The zero-order valence-corrected chi connectivity index (χ0v) is 18.4. The van der Waals surface area contributed by atoms with E-state index in [1.54, 1.807) is 62.3 Å². The van der Waals surface area contributed by atoms with Gasteiger partial charge in [-0.2, -0.15) is 0 Å². The average Bonchev–Trinajstić information content (AvgIpc) is 3.25. The molecular formula is C23H26N2O4S. The van der Waals surface area contributed by atoms with Crippen molar-refractivity contribution in [2.24, 2.45) is 4.99 Å². The van der Waals surface area contributed by atoms with E-state index in [4.69, 9.17) is 19.2 Å². The van der Waals surface area contributed by atoms with Gasteiger partial charge in [0.15, 0.2) is 16.7 Å². The Balaban J connectivity index is 1.78. The Labute approximate surface area is 181 Å². The van der Waals surface area contributed by atoms with E-state index in [0.29, 0.717) is 23.8 Å². The van der Waals surface area contributed by atoms with Crippen LogP contribution in [0.4, 0.5) is 0 Å². The van der Waals surface area contributed by atoms with Crippen molar-refractivity contribution < 1.29 is 19.0 Å². The number of benzene rings is 2. The van der Waals surface area contributed by atoms with E-state index in [1.165, 1.54) is 0 Å². The molecule has 0 aliphatic carbocycles. The van der Waals surface area contributed by atoms with Crippen molar-refractivity contribution in [1.82, 2.24) is 4.90 Å². The third-order valence-corrected chi connectivity index (χ3v) is 5.71. The van der Waals surface area contributed by atoms with Crippen molar-refractivity contribution in [3.05, 3.63) is 59.7 Å². The number of nitrogens with zero attached hydrogens (tertiary/aromatic N) is 2. The van der Waals surface area contributed by atoms with Crippen molar-refractivity contribution in [1.29, 1.82) is 0 Å². The predicted octanol–water partition coefficient (Wildman–Crippen LogP) is 4.42. The van der Waals surface area contributed by atoms with Gasteiger partial charge in [-0.25, -0.2) is 0 Å². The Morgan fingerprint density at radius 1 is 1.10 bits per heavy atom. The minimum absolute atomic E-state index is 0.0128. The quantitative estimate of drug-likeness (QED) is 0.614. The fraction of sp³-hybridized carbons (Fsp3) is 0.304. The van der Waals surface area contributed by atoms with Gasteiger partial charge in [0.2, 0.25) is 5.75 Å². The molecule has 7 heteroatoms. The van der Waals surface area contributed by atoms with Crippen LogP contribution in [0.2, 0.25) is 0 Å². The maximum absolute atomic E-state index is 12.8. The lowest BCUT2D eigenvalue weighted by Gasteiger charge is -2.16. The number of carbonyl (C=O) groups excluding carboxylic acids is 1. The predicted molar refractivity (Wildman–Crippen MR) is 122 cm³/mol. The molecule has 1 aliphatic heterocycles. The SMILES string of the molecule is COc1cc(/C=C/C(=O)N2CCSC2=N[C@@H](C)c2ccccc2)cc(OC)c1OC. The van der Waals surface area contributed by atoms with Crippen LogP contribution in [0.3, 0.4) is 0 Å². The summed E-state index contributed by atoms with van der Waals surface area (Å²) < 4.78 is 16.1. The topological polar surface area (TPSA) is 60.4 Å². The van der Waals surface area contributed by atoms with Gasteiger partial charge in [-0.1, -0.05) is 42.1 Å². The molecule has 3 rings (SSSR count). The molecule has 30 heavy (non-hydrogen) atoms. The zero-order chi connectivity index (χ0) is 21.5. The van der Waals surface area contributed by atoms with E-state index in [9.17, 15) is 4.79 Å². The van der Waals surface area contributed by atoms with Crippen LogP contribution in [-0.2, 0) is 4.79 Å². The van der Waals surface area contributed by atoms with Crippen molar-refractivity contribution in [3.8, 4) is 17.2 Å². The Hall–Kier alpha value is -2.93. The molecule has 0 radical (unpaired) electrons. The molecule has 1 atom stereocenters. The Kier molecular flexibility index (Phi) is 7.41. The number of ether oxygens (including phenoxy) is 3. The molecule has 0 unspecified atom stereocenters. The summed E-state index contributed by atoms with van der Waals surface area (Å²) in [6, 6.07) is 13.7. The Morgan fingerprint density at radius 3 is 2.37 bits per heavy atom. The molecule has 0 saturated carbocycles. The lowest BCUT2D eigenvalue weighted by molar-refractivity contribution is -0.121. The first kappa shape index (κ1) is 21.8. The van der Waals surface area contributed by atoms with Crippen LogP contribution in [0.25, 0.3) is 6.08 Å². The van der Waals surface area contributed by atoms with Gasteiger partial charge in [-0.15, -0.1) is 0 Å². The molecule has 1 heterocycles. The summed E-state index contributed by atoms with van der Waals surface area (Å²) in [4.78, 5) is 19.3. The molecule has 1 aliphatic rings. The van der Waals surface area contributed by atoms with Gasteiger partial charge in [-0.3, -0.25) is 14.7 Å². The second-order valence-electron chi connectivity index (χ2n) is 6.63. The molecule has 1 amide bonds. The summed E-state index contributed by atoms with van der Waals surface area (Å²) >= 11 is 1.61. The number of amides is 1. The van der Waals surface area contributed by atoms with E-state index in [2.05, 4.69) is 0 Å². The largest absolute Gasteiger partial charge is 0.493 e. The Morgan fingerprint density at radius 2 is 1.77 bits per heavy atom. The summed E-state index contributed by atoms with van der Waals surface area (Å²) in [5.41, 5.74) is 1.90. The second kappa shape index (κ2) is 10.2. The highest BCUT2D eigenvalue weighted by Gasteiger charge is 2.25. The summed E-state index contributed by atoms with van der Waals surface area (Å²) in [6.07, 6.45) is 3.29. The van der Waals surface area contributed by atoms with Crippen molar-refractivity contribution in [3.63, 3.8) is 0 Å². The number of hydrogen-bond acceptors (Lipinski definition) is 6. The molecule has 0 spiro atoms. The number of thioether (sulfide) groups is 1. The van der Waals surface area contributed by atoms with Gasteiger partial charge < -0.3 is 14.2 Å². The highest BCUT2D eigenvalue weighted by atomic mass is 32.2. The van der Waals surface area contributed by atoms with Crippen LogP contribution in [0, 0.1) is 0 Å². The van der Waals surface area contributed by atoms with Gasteiger partial charge in [0, 0.05) is 18.4 Å². The third kappa shape index (κ3) is 4.97. The molecule has 2 aromatic carbocycles. The van der Waals surface area contributed by atoms with Gasteiger partial charge in [0.05, 0.1) is 27.4 Å². The fourth-order valence-electron chi connectivity index (χ4n) is 3.14. The minimum atomic E-state index is -0.104.